The fourth-order valence-corrected chi connectivity index (χ4v) is 9.20. The molecule has 2 aromatic heterocycles. The van der Waals surface area contributed by atoms with Crippen LogP contribution in [0.2, 0.25) is 0 Å². The number of hydrogen-bond acceptors (Lipinski definition) is 8. The van der Waals surface area contributed by atoms with Crippen LogP contribution in [0.1, 0.15) is 72.6 Å². The van der Waals surface area contributed by atoms with E-state index < -0.39 is 33.8 Å². The Labute approximate surface area is 308 Å². The zero-order chi connectivity index (χ0) is 38.5. The molecule has 0 bridgehead atoms. The lowest BCUT2D eigenvalue weighted by molar-refractivity contribution is -0.137. The second-order valence-electron chi connectivity index (χ2n) is 14.4. The minimum Gasteiger partial charge on any atom is -0.494 e. The number of aryl methyl sites for hydroxylation is 3. The van der Waals surface area contributed by atoms with Gasteiger partial charge >= 0.3 is 6.18 Å². The van der Waals surface area contributed by atoms with Crippen molar-refractivity contribution >= 4 is 33.4 Å². The summed E-state index contributed by atoms with van der Waals surface area (Å²) >= 11 is 0. The van der Waals surface area contributed by atoms with Gasteiger partial charge in [-0.2, -0.15) is 17.5 Å². The number of pyridine rings is 1. The van der Waals surface area contributed by atoms with Crippen LogP contribution in [0, 0.1) is 25.2 Å². The summed E-state index contributed by atoms with van der Waals surface area (Å²) in [5.74, 6) is -0.371. The Hall–Kier alpha value is -4.50. The van der Waals surface area contributed by atoms with Crippen molar-refractivity contribution in [2.75, 3.05) is 19.0 Å². The van der Waals surface area contributed by atoms with E-state index in [0.29, 0.717) is 35.5 Å². The summed E-state index contributed by atoms with van der Waals surface area (Å²) in [7, 11) is -2.24. The van der Waals surface area contributed by atoms with E-state index in [9.17, 15) is 27.1 Å². The second-order valence-corrected chi connectivity index (χ2v) is 16.4. The van der Waals surface area contributed by atoms with E-state index in [1.54, 1.807) is 36.3 Å². The predicted octanol–water partition coefficient (Wildman–Crippen LogP) is 9.01. The molecule has 5 aromatic rings. The number of hydrogen-bond donors (Lipinski definition) is 3. The summed E-state index contributed by atoms with van der Waals surface area (Å²) in [6.07, 6.45) is -1.04. The molecule has 0 saturated heterocycles. The topological polar surface area (TPSA) is 126 Å². The van der Waals surface area contributed by atoms with Crippen LogP contribution in [-0.2, 0) is 30.5 Å². The number of methoxy groups -OCH3 is 1. The smallest absolute Gasteiger partial charge is 0.416 e. The predicted molar refractivity (Wildman–Crippen MR) is 200 cm³/mol. The molecule has 0 saturated carbocycles. The highest BCUT2D eigenvalue weighted by Gasteiger charge is 2.42. The highest BCUT2D eigenvalue weighted by atomic mass is 32.3. The monoisotopic (exact) mass is 750 g/mol. The van der Waals surface area contributed by atoms with Gasteiger partial charge in [-0.05, 0) is 96.8 Å². The molecule has 0 spiro atoms. The van der Waals surface area contributed by atoms with Crippen molar-refractivity contribution in [3.05, 3.63) is 106 Å². The van der Waals surface area contributed by atoms with E-state index in [-0.39, 0.29) is 29.8 Å². The highest BCUT2D eigenvalue weighted by Crippen LogP contribution is 2.57. The van der Waals surface area contributed by atoms with E-state index in [1.807, 2.05) is 65.8 Å². The van der Waals surface area contributed by atoms with Gasteiger partial charge in [-0.3, -0.25) is 18.9 Å². The van der Waals surface area contributed by atoms with E-state index in [4.69, 9.17) is 4.74 Å². The maximum Gasteiger partial charge on any atom is 0.416 e. The summed E-state index contributed by atoms with van der Waals surface area (Å²) < 4.78 is 74.0. The molecule has 1 amide bonds. The van der Waals surface area contributed by atoms with Crippen LogP contribution in [0.3, 0.4) is 0 Å². The van der Waals surface area contributed by atoms with Crippen LogP contribution in [-0.4, -0.2) is 53.0 Å². The quantitative estimate of drug-likeness (QED) is 0.136. The SMILES string of the molecule is CCn1nnc2c(C)c(C(c3ccc(C)c(CN4CC(C)Cc5ccc(C(F)(F)F)cc5S4(O)O)c3)C(C)(C)C(=O)Nc3cccnc3)cc(OC)c21. The van der Waals surface area contributed by atoms with Gasteiger partial charge in [-0.25, -0.2) is 4.68 Å². The maximum atomic E-state index is 14.3. The average molecular weight is 751 g/mol. The number of fused-ring (bicyclic) bond motifs is 2. The summed E-state index contributed by atoms with van der Waals surface area (Å²) in [4.78, 5) is 18.3. The molecule has 10 nitrogen and oxygen atoms in total. The number of ether oxygens (including phenoxy) is 1. The Bertz CT molecular complexity index is 2160. The van der Waals surface area contributed by atoms with Crippen molar-refractivity contribution in [1.82, 2.24) is 24.3 Å². The number of aromatic nitrogens is 4. The Kier molecular flexibility index (Phi) is 10.4. The molecular weight excluding hydrogens is 706 g/mol. The maximum absolute atomic E-state index is 14.3. The standard InChI is InChI=1S/C39H45F3N6O4S/c1-8-48-36-32(52-7)19-31(25(4)35(36)45-46-48)34(38(5,6)37(49)44-30-10-9-15-43-20-30)27-12-11-24(3)28(17-27)22-47-21-23(2)16-26-13-14-29(39(40,41)42)18-33(26)53(47,50)51/h9-15,17-20,23,34,50-51H,8,16,21-22H2,1-7H3,(H,44,49). The van der Waals surface area contributed by atoms with Crippen LogP contribution in [0.5, 0.6) is 5.75 Å². The molecular formula is C39H45F3N6O4S. The largest absolute Gasteiger partial charge is 0.494 e. The molecule has 14 heteroatoms. The number of rotatable bonds is 9. The fourth-order valence-electron chi connectivity index (χ4n) is 7.36. The van der Waals surface area contributed by atoms with Crippen molar-refractivity contribution in [3.63, 3.8) is 0 Å². The number of halogens is 3. The Morgan fingerprint density at radius 3 is 2.53 bits per heavy atom. The van der Waals surface area contributed by atoms with Crippen molar-refractivity contribution < 1.29 is 31.8 Å². The zero-order valence-electron chi connectivity index (χ0n) is 30.8. The third kappa shape index (κ3) is 7.25. The van der Waals surface area contributed by atoms with Gasteiger partial charge in [0.05, 0.1) is 34.9 Å². The van der Waals surface area contributed by atoms with Gasteiger partial charge in [0.25, 0.3) is 0 Å². The molecule has 3 N–H and O–H groups in total. The molecule has 3 aromatic carbocycles. The van der Waals surface area contributed by atoms with Gasteiger partial charge in [0.1, 0.15) is 16.8 Å². The molecule has 282 valence electrons. The summed E-state index contributed by atoms with van der Waals surface area (Å²) in [6, 6.07) is 14.5. The molecule has 2 atom stereocenters. The number of benzene rings is 3. The molecule has 53 heavy (non-hydrogen) atoms. The zero-order valence-corrected chi connectivity index (χ0v) is 31.6. The number of nitrogens with one attached hydrogen (secondary N) is 1. The average Bonchev–Trinajstić information content (AvgIpc) is 3.51. The van der Waals surface area contributed by atoms with E-state index in [1.165, 1.54) is 10.4 Å². The minimum absolute atomic E-state index is 0.0449. The molecule has 6 rings (SSSR count). The molecule has 0 fully saturated rings. The molecule has 0 radical (unpaired) electrons. The van der Waals surface area contributed by atoms with Crippen molar-refractivity contribution in [2.45, 2.75) is 78.0 Å². The minimum atomic E-state index is -4.64. The lowest BCUT2D eigenvalue weighted by Crippen LogP contribution is -2.37. The van der Waals surface area contributed by atoms with Gasteiger partial charge in [0, 0.05) is 31.7 Å². The molecule has 1 aliphatic heterocycles. The summed E-state index contributed by atoms with van der Waals surface area (Å²) in [5, 5.41) is 11.9. The molecule has 3 heterocycles. The molecule has 0 aliphatic carbocycles. The van der Waals surface area contributed by atoms with Gasteiger partial charge < -0.3 is 10.1 Å². The van der Waals surface area contributed by atoms with Crippen LogP contribution in [0.15, 0.2) is 71.9 Å². The second kappa shape index (κ2) is 14.4. The third-order valence-electron chi connectivity index (χ3n) is 10.3. The van der Waals surface area contributed by atoms with Crippen LogP contribution < -0.4 is 10.1 Å². The van der Waals surface area contributed by atoms with Gasteiger partial charge in [-0.1, -0.05) is 50.3 Å². The van der Waals surface area contributed by atoms with Crippen molar-refractivity contribution in [2.24, 2.45) is 11.3 Å². The lowest BCUT2D eigenvalue weighted by atomic mass is 9.69. The Balaban J connectivity index is 1.48. The Morgan fingerprint density at radius 2 is 1.87 bits per heavy atom. The van der Waals surface area contributed by atoms with Gasteiger partial charge in [0.2, 0.25) is 5.91 Å². The van der Waals surface area contributed by atoms with E-state index in [0.717, 1.165) is 45.5 Å². The fraction of sp³-hybridized carbons (Fsp3) is 0.385. The van der Waals surface area contributed by atoms with Crippen LogP contribution >= 0.6 is 10.8 Å². The number of carbonyl (C=O) groups is 1. The number of amides is 1. The Morgan fingerprint density at radius 1 is 1.11 bits per heavy atom. The number of anilines is 1. The van der Waals surface area contributed by atoms with Gasteiger partial charge in [0.15, 0.2) is 0 Å². The highest BCUT2D eigenvalue weighted by molar-refractivity contribution is 8.22. The first kappa shape index (κ1) is 38.2. The normalized spacial score (nSPS) is 17.5. The first-order valence-electron chi connectivity index (χ1n) is 17.4. The first-order valence-corrected chi connectivity index (χ1v) is 18.9. The van der Waals surface area contributed by atoms with E-state index >= 15 is 0 Å². The molecule has 2 unspecified atom stereocenters. The molecule has 1 aliphatic rings. The summed E-state index contributed by atoms with van der Waals surface area (Å²) in [6.45, 7) is 12.4. The third-order valence-corrected chi connectivity index (χ3v) is 12.3. The van der Waals surface area contributed by atoms with Crippen LogP contribution in [0.4, 0.5) is 18.9 Å². The van der Waals surface area contributed by atoms with Crippen LogP contribution in [0.25, 0.3) is 11.0 Å². The lowest BCUT2D eigenvalue weighted by Gasteiger charge is -2.43. The van der Waals surface area contributed by atoms with Crippen molar-refractivity contribution in [1.29, 1.82) is 0 Å². The van der Waals surface area contributed by atoms with Crippen molar-refractivity contribution in [3.8, 4) is 5.75 Å². The summed E-state index contributed by atoms with van der Waals surface area (Å²) in [5.41, 5.74) is 4.35. The van der Waals surface area contributed by atoms with E-state index in [2.05, 4.69) is 20.6 Å². The van der Waals surface area contributed by atoms with Gasteiger partial charge in [-0.15, -0.1) is 15.9 Å². The number of alkyl halides is 3. The number of carbonyl (C=O) groups excluding carboxylic acids is 1. The first-order chi connectivity index (χ1) is 25.0. The number of nitrogens with zero attached hydrogens (tertiary/aromatic N) is 5.